The molecule has 2 atom stereocenters. The molecule has 130 valence electrons. The van der Waals surface area contributed by atoms with Gasteiger partial charge in [0.1, 0.15) is 29.3 Å². The third kappa shape index (κ3) is 3.40. The summed E-state index contributed by atoms with van der Waals surface area (Å²) in [5.74, 6) is -0.793. The van der Waals surface area contributed by atoms with Crippen LogP contribution >= 0.6 is 0 Å². The van der Waals surface area contributed by atoms with Gasteiger partial charge in [0.25, 0.3) is 0 Å². The third-order valence-corrected chi connectivity index (χ3v) is 3.87. The van der Waals surface area contributed by atoms with Crippen LogP contribution in [0.3, 0.4) is 0 Å². The van der Waals surface area contributed by atoms with Crippen molar-refractivity contribution in [3.63, 3.8) is 0 Å². The van der Waals surface area contributed by atoms with E-state index in [1.54, 1.807) is 31.2 Å². The van der Waals surface area contributed by atoms with Gasteiger partial charge in [-0.15, -0.1) is 0 Å². The van der Waals surface area contributed by atoms with E-state index in [9.17, 15) is 14.0 Å². The van der Waals surface area contributed by atoms with E-state index < -0.39 is 24.0 Å². The zero-order chi connectivity index (χ0) is 18.0. The van der Waals surface area contributed by atoms with Gasteiger partial charge in [-0.25, -0.2) is 9.18 Å². The smallest absolute Gasteiger partial charge is 0.319 e. The summed E-state index contributed by atoms with van der Waals surface area (Å²) in [6.45, 7) is 5.65. The molecule has 6 nitrogen and oxygen atoms in total. The maximum atomic E-state index is 13.1. The predicted octanol–water partition coefficient (Wildman–Crippen LogP) is 3.13. The average Bonchev–Trinajstić information content (AvgIpc) is 3.04. The van der Waals surface area contributed by atoms with E-state index in [0.29, 0.717) is 17.1 Å². The predicted molar refractivity (Wildman–Crippen MR) is 87.8 cm³/mol. The minimum absolute atomic E-state index is 0.211. The van der Waals surface area contributed by atoms with Crippen LogP contribution in [-0.4, -0.2) is 18.6 Å². The van der Waals surface area contributed by atoms with Crippen molar-refractivity contribution in [3.05, 3.63) is 60.3 Å². The van der Waals surface area contributed by atoms with Crippen molar-refractivity contribution in [2.45, 2.75) is 13.0 Å². The van der Waals surface area contributed by atoms with Crippen LogP contribution in [-0.2, 0) is 9.53 Å². The van der Waals surface area contributed by atoms with Crippen molar-refractivity contribution in [3.8, 4) is 11.3 Å². The van der Waals surface area contributed by atoms with Crippen molar-refractivity contribution in [2.75, 3.05) is 6.61 Å². The number of rotatable bonds is 4. The fraction of sp³-hybridized carbons (Fsp3) is 0.222. The van der Waals surface area contributed by atoms with Crippen LogP contribution in [0.4, 0.5) is 9.18 Å². The normalized spacial score (nSPS) is 19.9. The monoisotopic (exact) mass is 344 g/mol. The van der Waals surface area contributed by atoms with Crippen molar-refractivity contribution >= 4 is 12.0 Å². The van der Waals surface area contributed by atoms with Crippen LogP contribution in [0.15, 0.2) is 53.1 Å². The van der Waals surface area contributed by atoms with Crippen LogP contribution < -0.4 is 10.6 Å². The molecule has 2 N–H and O–H groups in total. The van der Waals surface area contributed by atoms with E-state index in [-0.39, 0.29) is 18.1 Å². The van der Waals surface area contributed by atoms with Gasteiger partial charge in [0.2, 0.25) is 0 Å². The maximum Gasteiger partial charge on any atom is 0.319 e. The Labute approximate surface area is 143 Å². The third-order valence-electron chi connectivity index (χ3n) is 3.87. The van der Waals surface area contributed by atoms with Crippen molar-refractivity contribution in [1.82, 2.24) is 10.6 Å². The molecule has 0 spiro atoms. The maximum absolute atomic E-state index is 13.1. The molecule has 1 aromatic carbocycles. The second-order valence-electron chi connectivity index (χ2n) is 5.54. The zero-order valence-electron chi connectivity index (χ0n) is 13.5. The van der Waals surface area contributed by atoms with Gasteiger partial charge in [-0.05, 0) is 43.3 Å². The summed E-state index contributed by atoms with van der Waals surface area (Å²) < 4.78 is 23.9. The highest BCUT2D eigenvalue weighted by molar-refractivity contribution is 5.85. The summed E-state index contributed by atoms with van der Waals surface area (Å²) in [4.78, 5) is 24.0. The molecule has 0 aliphatic carbocycles. The lowest BCUT2D eigenvalue weighted by Gasteiger charge is -2.31. The number of amides is 2. The molecule has 0 saturated carbocycles. The largest absolute Gasteiger partial charge is 0.465 e. The number of carbonyl (C=O) groups excluding carboxylic acids is 2. The Balaban J connectivity index is 1.92. The molecule has 25 heavy (non-hydrogen) atoms. The number of halogens is 1. The highest BCUT2D eigenvalue weighted by atomic mass is 19.1. The number of urea groups is 1. The first-order chi connectivity index (χ1) is 12.0. The fourth-order valence-electron chi connectivity index (χ4n) is 2.72. The highest BCUT2D eigenvalue weighted by Gasteiger charge is 2.40. The van der Waals surface area contributed by atoms with Gasteiger partial charge in [0, 0.05) is 11.3 Å². The molecule has 1 saturated heterocycles. The zero-order valence-corrected chi connectivity index (χ0v) is 13.5. The Bertz CT molecular complexity index is 813. The highest BCUT2D eigenvalue weighted by Crippen LogP contribution is 2.33. The number of hydrogen-bond acceptors (Lipinski definition) is 4. The summed E-state index contributed by atoms with van der Waals surface area (Å²) in [5.41, 5.74) is 0.923. The lowest BCUT2D eigenvalue weighted by molar-refractivity contribution is -0.148. The first-order valence-corrected chi connectivity index (χ1v) is 7.78. The Kier molecular flexibility index (Phi) is 4.56. The molecule has 2 amide bonds. The van der Waals surface area contributed by atoms with E-state index in [4.69, 9.17) is 9.15 Å². The molecular formula is C18H17FN2O4. The Morgan fingerprint density at radius 1 is 1.28 bits per heavy atom. The van der Waals surface area contributed by atoms with Gasteiger partial charge in [-0.2, -0.15) is 0 Å². The number of furan rings is 1. The van der Waals surface area contributed by atoms with Crippen LogP contribution in [0.5, 0.6) is 0 Å². The van der Waals surface area contributed by atoms with E-state index in [1.165, 1.54) is 12.1 Å². The van der Waals surface area contributed by atoms with Crippen molar-refractivity contribution < 1.29 is 23.1 Å². The minimum atomic E-state index is -0.815. The number of hydrogen-bond donors (Lipinski definition) is 2. The second-order valence-corrected chi connectivity index (χ2v) is 5.54. The SMILES string of the molecule is C=C1NC(=O)N[C@H](c2ccc(-c3ccc(F)cc3)o2)[C@H]1C(=O)OCC. The van der Waals surface area contributed by atoms with E-state index >= 15 is 0 Å². The summed E-state index contributed by atoms with van der Waals surface area (Å²) in [7, 11) is 0. The number of ether oxygens (including phenoxy) is 1. The molecule has 1 aromatic heterocycles. The first-order valence-electron chi connectivity index (χ1n) is 7.78. The number of esters is 1. The lowest BCUT2D eigenvalue weighted by atomic mass is 9.93. The Morgan fingerprint density at radius 3 is 2.68 bits per heavy atom. The van der Waals surface area contributed by atoms with Crippen LogP contribution in [0, 0.1) is 11.7 Å². The van der Waals surface area contributed by atoms with Gasteiger partial charge >= 0.3 is 12.0 Å². The minimum Gasteiger partial charge on any atom is -0.465 e. The number of carbonyl (C=O) groups is 2. The first kappa shape index (κ1) is 16.8. The molecule has 1 aliphatic heterocycles. The molecular weight excluding hydrogens is 327 g/mol. The molecule has 2 aromatic rings. The Hall–Kier alpha value is -3.09. The van der Waals surface area contributed by atoms with Gasteiger partial charge in [0.05, 0.1) is 6.61 Å². The lowest BCUT2D eigenvalue weighted by Crippen LogP contribution is -2.51. The topological polar surface area (TPSA) is 80.6 Å². The fourth-order valence-corrected chi connectivity index (χ4v) is 2.72. The number of nitrogens with one attached hydrogen (secondary N) is 2. The summed E-state index contributed by atoms with van der Waals surface area (Å²) in [5, 5.41) is 5.15. The molecule has 0 radical (unpaired) electrons. The van der Waals surface area contributed by atoms with Gasteiger partial charge in [-0.3, -0.25) is 4.79 Å². The molecule has 0 unspecified atom stereocenters. The summed E-state index contributed by atoms with van der Waals surface area (Å²) in [6.07, 6.45) is 0. The Morgan fingerprint density at radius 2 is 2.00 bits per heavy atom. The molecule has 7 heteroatoms. The quantitative estimate of drug-likeness (QED) is 0.835. The van der Waals surface area contributed by atoms with E-state index in [2.05, 4.69) is 17.2 Å². The molecule has 3 rings (SSSR count). The van der Waals surface area contributed by atoms with Gasteiger partial charge in [-0.1, -0.05) is 6.58 Å². The van der Waals surface area contributed by atoms with Crippen molar-refractivity contribution in [1.29, 1.82) is 0 Å². The molecule has 1 aliphatic rings. The van der Waals surface area contributed by atoms with E-state index in [0.717, 1.165) is 0 Å². The van der Waals surface area contributed by atoms with Crippen molar-refractivity contribution in [2.24, 2.45) is 5.92 Å². The summed E-state index contributed by atoms with van der Waals surface area (Å²) >= 11 is 0. The molecule has 1 fully saturated rings. The molecule has 0 bridgehead atoms. The van der Waals surface area contributed by atoms with Crippen LogP contribution in [0.25, 0.3) is 11.3 Å². The van der Waals surface area contributed by atoms with E-state index in [1.807, 2.05) is 0 Å². The number of benzene rings is 1. The average molecular weight is 344 g/mol. The van der Waals surface area contributed by atoms with Gasteiger partial charge < -0.3 is 19.8 Å². The standard InChI is InChI=1S/C18H17FN2O4/c1-3-24-17(22)15-10(2)20-18(23)21-16(15)14-9-8-13(25-14)11-4-6-12(19)7-5-11/h4-9,15-16H,2-3H2,1H3,(H2,20,21,23)/t15-,16+/m0/s1. The van der Waals surface area contributed by atoms with Crippen LogP contribution in [0.2, 0.25) is 0 Å². The van der Waals surface area contributed by atoms with Gasteiger partial charge in [0.15, 0.2) is 0 Å². The molecule has 2 heterocycles. The second kappa shape index (κ2) is 6.80. The summed E-state index contributed by atoms with van der Waals surface area (Å²) in [6, 6.07) is 7.96. The van der Waals surface area contributed by atoms with Crippen LogP contribution in [0.1, 0.15) is 18.7 Å².